The van der Waals surface area contributed by atoms with Crippen LogP contribution >= 0.6 is 0 Å². The lowest BCUT2D eigenvalue weighted by Gasteiger charge is -2.29. The molecule has 0 fully saturated rings. The zero-order chi connectivity index (χ0) is 31.9. The van der Waals surface area contributed by atoms with Gasteiger partial charge in [0.05, 0.1) is 5.69 Å². The summed E-state index contributed by atoms with van der Waals surface area (Å²) in [5.74, 6) is 0. The third-order valence-corrected chi connectivity index (χ3v) is 9.24. The van der Waals surface area contributed by atoms with Gasteiger partial charge in [-0.15, -0.1) is 0 Å². The van der Waals surface area contributed by atoms with Gasteiger partial charge >= 0.3 is 0 Å². The highest BCUT2D eigenvalue weighted by atomic mass is 16.3. The van der Waals surface area contributed by atoms with E-state index >= 15 is 0 Å². The number of nitrogens with zero attached hydrogens (tertiary/aromatic N) is 1. The van der Waals surface area contributed by atoms with Gasteiger partial charge < -0.3 is 9.32 Å². The van der Waals surface area contributed by atoms with Gasteiger partial charge in [-0.25, -0.2) is 0 Å². The number of hydrogen-bond donors (Lipinski definition) is 0. The molecule has 0 amide bonds. The SMILES string of the molecule is c1ccc(-c2cccc(N(c3cccc(-c4cccc5oc6c7ccccc7ccc6c45)c3)c3ccccc3-c3ccccc3)c2)cc1. The molecule has 0 aliphatic rings. The molecular weight excluding hydrogens is 583 g/mol. The maximum Gasteiger partial charge on any atom is 0.143 e. The molecule has 2 heteroatoms. The van der Waals surface area contributed by atoms with Crippen molar-refractivity contribution in [3.63, 3.8) is 0 Å². The van der Waals surface area contributed by atoms with E-state index in [0.29, 0.717) is 0 Å². The van der Waals surface area contributed by atoms with Crippen LogP contribution in [-0.4, -0.2) is 0 Å². The lowest BCUT2D eigenvalue weighted by molar-refractivity contribution is 0.673. The Bertz CT molecular complexity index is 2560. The lowest BCUT2D eigenvalue weighted by Crippen LogP contribution is -2.11. The molecule has 0 aliphatic carbocycles. The van der Waals surface area contributed by atoms with Crippen molar-refractivity contribution in [2.24, 2.45) is 0 Å². The first-order valence-electron chi connectivity index (χ1n) is 16.4. The topological polar surface area (TPSA) is 16.4 Å². The van der Waals surface area contributed by atoms with Crippen LogP contribution in [0.4, 0.5) is 17.1 Å². The number of fused-ring (bicyclic) bond motifs is 5. The molecule has 48 heavy (non-hydrogen) atoms. The van der Waals surface area contributed by atoms with Crippen molar-refractivity contribution in [3.05, 3.63) is 188 Å². The fourth-order valence-corrected chi connectivity index (χ4v) is 7.02. The van der Waals surface area contributed by atoms with Gasteiger partial charge in [0.25, 0.3) is 0 Å². The van der Waals surface area contributed by atoms with Crippen LogP contribution < -0.4 is 4.90 Å². The first-order chi connectivity index (χ1) is 23.8. The summed E-state index contributed by atoms with van der Waals surface area (Å²) in [6.07, 6.45) is 0. The van der Waals surface area contributed by atoms with Crippen molar-refractivity contribution in [2.75, 3.05) is 4.90 Å². The zero-order valence-electron chi connectivity index (χ0n) is 26.3. The second-order valence-corrected chi connectivity index (χ2v) is 12.1. The Balaban J connectivity index is 1.26. The van der Waals surface area contributed by atoms with E-state index < -0.39 is 0 Å². The third-order valence-electron chi connectivity index (χ3n) is 9.24. The fraction of sp³-hybridized carbons (Fsp3) is 0. The first kappa shape index (κ1) is 27.9. The minimum absolute atomic E-state index is 0.895. The number of hydrogen-bond acceptors (Lipinski definition) is 2. The van der Waals surface area contributed by atoms with Crippen LogP contribution in [0.5, 0.6) is 0 Å². The molecule has 0 saturated carbocycles. The van der Waals surface area contributed by atoms with Gasteiger partial charge in [0.2, 0.25) is 0 Å². The minimum atomic E-state index is 0.895. The number of rotatable bonds is 6. The third kappa shape index (κ3) is 4.83. The molecule has 0 radical (unpaired) electrons. The lowest BCUT2D eigenvalue weighted by atomic mass is 9.97. The molecule has 2 nitrogen and oxygen atoms in total. The molecule has 9 rings (SSSR count). The Hall–Kier alpha value is -6.38. The van der Waals surface area contributed by atoms with E-state index in [4.69, 9.17) is 4.42 Å². The summed E-state index contributed by atoms with van der Waals surface area (Å²) in [6, 6.07) is 66.9. The van der Waals surface area contributed by atoms with E-state index in [2.05, 4.69) is 193 Å². The maximum absolute atomic E-state index is 6.55. The quantitative estimate of drug-likeness (QED) is 0.185. The van der Waals surface area contributed by atoms with Crippen molar-refractivity contribution in [1.82, 2.24) is 0 Å². The molecule has 0 atom stereocenters. The van der Waals surface area contributed by atoms with Gasteiger partial charge in [-0.1, -0.05) is 146 Å². The second kappa shape index (κ2) is 11.8. The highest BCUT2D eigenvalue weighted by Crippen LogP contribution is 2.44. The van der Waals surface area contributed by atoms with Crippen LogP contribution in [0.2, 0.25) is 0 Å². The van der Waals surface area contributed by atoms with Crippen molar-refractivity contribution in [2.45, 2.75) is 0 Å². The molecule has 8 aromatic carbocycles. The summed E-state index contributed by atoms with van der Waals surface area (Å²) in [6.45, 7) is 0. The molecule has 0 spiro atoms. The Morgan fingerprint density at radius 3 is 1.79 bits per heavy atom. The Morgan fingerprint density at radius 2 is 0.979 bits per heavy atom. The summed E-state index contributed by atoms with van der Waals surface area (Å²) in [5.41, 5.74) is 12.1. The van der Waals surface area contributed by atoms with Crippen molar-refractivity contribution >= 4 is 49.8 Å². The van der Waals surface area contributed by atoms with Crippen LogP contribution in [0, 0.1) is 0 Å². The Morgan fingerprint density at radius 1 is 0.375 bits per heavy atom. The standard InChI is InChI=1S/C46H31NO/c1-3-14-32(15-4-1)35-19-11-21-37(30-35)47(43-26-10-9-23-39(43)33-16-5-2-6-17-33)38-22-12-20-36(31-38)40-25-13-27-44-45(40)42-29-28-34-18-7-8-24-41(34)46(42)48-44/h1-31H. The number of benzene rings is 8. The summed E-state index contributed by atoms with van der Waals surface area (Å²) >= 11 is 0. The van der Waals surface area contributed by atoms with Gasteiger partial charge in [0, 0.05) is 33.1 Å². The normalized spacial score (nSPS) is 11.3. The summed E-state index contributed by atoms with van der Waals surface area (Å²) in [5, 5.41) is 4.58. The average Bonchev–Trinajstić information content (AvgIpc) is 3.56. The van der Waals surface area contributed by atoms with Crippen molar-refractivity contribution < 1.29 is 4.42 Å². The van der Waals surface area contributed by atoms with Crippen molar-refractivity contribution in [1.29, 1.82) is 0 Å². The van der Waals surface area contributed by atoms with E-state index in [9.17, 15) is 0 Å². The van der Waals surface area contributed by atoms with Gasteiger partial charge in [-0.2, -0.15) is 0 Å². The molecule has 0 unspecified atom stereocenters. The number of furan rings is 1. The van der Waals surface area contributed by atoms with Gasteiger partial charge in [-0.05, 0) is 75.7 Å². The molecule has 0 N–H and O–H groups in total. The van der Waals surface area contributed by atoms with E-state index in [1.807, 2.05) is 0 Å². The zero-order valence-corrected chi connectivity index (χ0v) is 26.3. The van der Waals surface area contributed by atoms with Crippen LogP contribution in [0.15, 0.2) is 192 Å². The number of para-hydroxylation sites is 1. The fourth-order valence-electron chi connectivity index (χ4n) is 7.02. The molecule has 1 heterocycles. The van der Waals surface area contributed by atoms with E-state index in [1.54, 1.807) is 0 Å². The Kier molecular flexibility index (Phi) is 6.84. The van der Waals surface area contributed by atoms with Crippen molar-refractivity contribution in [3.8, 4) is 33.4 Å². The molecule has 9 aromatic rings. The van der Waals surface area contributed by atoms with E-state index in [0.717, 1.165) is 55.5 Å². The Labute approximate surface area is 279 Å². The summed E-state index contributed by atoms with van der Waals surface area (Å²) in [7, 11) is 0. The second-order valence-electron chi connectivity index (χ2n) is 12.1. The van der Waals surface area contributed by atoms with Gasteiger partial charge in [0.1, 0.15) is 11.2 Å². The van der Waals surface area contributed by atoms with Crippen LogP contribution in [-0.2, 0) is 0 Å². The average molecular weight is 614 g/mol. The molecule has 0 aliphatic heterocycles. The number of anilines is 3. The molecule has 0 saturated heterocycles. The minimum Gasteiger partial charge on any atom is -0.455 e. The monoisotopic (exact) mass is 613 g/mol. The molecule has 226 valence electrons. The highest BCUT2D eigenvalue weighted by molar-refractivity contribution is 6.19. The predicted octanol–water partition coefficient (Wildman–Crippen LogP) is 13.2. The molecular formula is C46H31NO. The van der Waals surface area contributed by atoms with E-state index in [-0.39, 0.29) is 0 Å². The highest BCUT2D eigenvalue weighted by Gasteiger charge is 2.20. The summed E-state index contributed by atoms with van der Waals surface area (Å²) in [4.78, 5) is 2.39. The van der Waals surface area contributed by atoms with Crippen LogP contribution in [0.3, 0.4) is 0 Å². The largest absolute Gasteiger partial charge is 0.455 e. The van der Waals surface area contributed by atoms with Crippen LogP contribution in [0.1, 0.15) is 0 Å². The van der Waals surface area contributed by atoms with Gasteiger partial charge in [0.15, 0.2) is 0 Å². The molecule has 1 aromatic heterocycles. The van der Waals surface area contributed by atoms with Crippen LogP contribution in [0.25, 0.3) is 66.1 Å². The smallest absolute Gasteiger partial charge is 0.143 e. The summed E-state index contributed by atoms with van der Waals surface area (Å²) < 4.78 is 6.55. The van der Waals surface area contributed by atoms with E-state index in [1.165, 1.54) is 27.6 Å². The van der Waals surface area contributed by atoms with Gasteiger partial charge in [-0.3, -0.25) is 0 Å². The predicted molar refractivity (Wildman–Crippen MR) is 202 cm³/mol. The first-order valence-corrected chi connectivity index (χ1v) is 16.4. The molecule has 0 bridgehead atoms. The maximum atomic E-state index is 6.55.